The van der Waals surface area contributed by atoms with Gasteiger partial charge in [0, 0.05) is 6.54 Å². The van der Waals surface area contributed by atoms with Gasteiger partial charge >= 0.3 is 11.7 Å². The summed E-state index contributed by atoms with van der Waals surface area (Å²) < 4.78 is 1.14. The van der Waals surface area contributed by atoms with Crippen molar-refractivity contribution in [3.8, 4) is 0 Å². The van der Waals surface area contributed by atoms with E-state index in [1.165, 1.54) is 4.90 Å². The monoisotopic (exact) mass is 268 g/mol. The van der Waals surface area contributed by atoms with Crippen molar-refractivity contribution >= 4 is 17.6 Å². The normalized spacial score (nSPS) is 18.5. The van der Waals surface area contributed by atoms with Gasteiger partial charge in [0.2, 0.25) is 5.91 Å². The molecule has 102 valence electrons. The van der Waals surface area contributed by atoms with Crippen molar-refractivity contribution in [3.63, 3.8) is 0 Å². The Kier molecular flexibility index (Phi) is 3.45. The van der Waals surface area contributed by atoms with E-state index in [2.05, 4.69) is 5.10 Å². The third-order valence-electron chi connectivity index (χ3n) is 2.99. The van der Waals surface area contributed by atoms with Crippen LogP contribution >= 0.6 is 0 Å². The van der Waals surface area contributed by atoms with E-state index in [9.17, 15) is 19.7 Å². The molecule has 0 aliphatic carbocycles. The van der Waals surface area contributed by atoms with Crippen LogP contribution in [0.25, 0.3) is 0 Å². The summed E-state index contributed by atoms with van der Waals surface area (Å²) in [4.78, 5) is 34.0. The summed E-state index contributed by atoms with van der Waals surface area (Å²) in [5, 5.41) is 23.1. The topological polar surface area (TPSA) is 119 Å². The van der Waals surface area contributed by atoms with Crippen LogP contribution in [0, 0.1) is 10.1 Å². The van der Waals surface area contributed by atoms with Crippen molar-refractivity contribution in [1.82, 2.24) is 14.7 Å². The van der Waals surface area contributed by atoms with Crippen LogP contribution in [0.15, 0.2) is 12.4 Å². The molecule has 0 unspecified atom stereocenters. The average molecular weight is 268 g/mol. The molecule has 9 heteroatoms. The molecule has 0 radical (unpaired) electrons. The average Bonchev–Trinajstić information content (AvgIpc) is 2.96. The van der Waals surface area contributed by atoms with Crippen molar-refractivity contribution in [3.05, 3.63) is 22.5 Å². The molecule has 1 N–H and O–H groups in total. The number of rotatable bonds is 4. The van der Waals surface area contributed by atoms with Gasteiger partial charge in [0.25, 0.3) is 0 Å². The van der Waals surface area contributed by atoms with E-state index in [0.717, 1.165) is 17.1 Å². The lowest BCUT2D eigenvalue weighted by atomic mass is 10.2. The number of carbonyl (C=O) groups is 2. The van der Waals surface area contributed by atoms with Crippen molar-refractivity contribution < 1.29 is 19.6 Å². The quantitative estimate of drug-likeness (QED) is 0.600. The second-order valence-electron chi connectivity index (χ2n) is 4.24. The van der Waals surface area contributed by atoms with Crippen LogP contribution < -0.4 is 0 Å². The van der Waals surface area contributed by atoms with Gasteiger partial charge in [0.1, 0.15) is 25.0 Å². The number of aliphatic carboxylic acids is 1. The molecule has 1 aliphatic heterocycles. The predicted molar refractivity (Wildman–Crippen MR) is 61.3 cm³/mol. The van der Waals surface area contributed by atoms with Crippen LogP contribution in [0.2, 0.25) is 0 Å². The fourth-order valence-electron chi connectivity index (χ4n) is 2.08. The minimum atomic E-state index is -1.03. The summed E-state index contributed by atoms with van der Waals surface area (Å²) in [6.45, 7) is 0.191. The number of likely N-dealkylation sites (tertiary alicyclic amines) is 1. The highest BCUT2D eigenvalue weighted by atomic mass is 16.6. The van der Waals surface area contributed by atoms with E-state index < -0.39 is 22.8 Å². The molecular weight excluding hydrogens is 256 g/mol. The molecule has 19 heavy (non-hydrogen) atoms. The SMILES string of the molecule is O=C(O)[C@@H]1CCCN1C(=O)Cn1cc([N+](=O)[O-])cn1. The summed E-state index contributed by atoms with van der Waals surface area (Å²) >= 11 is 0. The highest BCUT2D eigenvalue weighted by Gasteiger charge is 2.33. The van der Waals surface area contributed by atoms with Crippen LogP contribution in [0.5, 0.6) is 0 Å². The van der Waals surface area contributed by atoms with E-state index in [-0.39, 0.29) is 12.2 Å². The fourth-order valence-corrected chi connectivity index (χ4v) is 2.08. The first-order valence-corrected chi connectivity index (χ1v) is 5.68. The van der Waals surface area contributed by atoms with Gasteiger partial charge in [-0.3, -0.25) is 19.6 Å². The Balaban J connectivity index is 2.04. The molecule has 9 nitrogen and oxygen atoms in total. The number of carboxylic acids is 1. The van der Waals surface area contributed by atoms with Gasteiger partial charge in [-0.2, -0.15) is 5.10 Å². The van der Waals surface area contributed by atoms with E-state index in [0.29, 0.717) is 19.4 Å². The number of carboxylic acid groups (broad SMARTS) is 1. The molecule has 1 aromatic heterocycles. The van der Waals surface area contributed by atoms with Gasteiger partial charge in [0.05, 0.1) is 4.92 Å². The van der Waals surface area contributed by atoms with Gasteiger partial charge in [0.15, 0.2) is 0 Å². The molecule has 1 fully saturated rings. The van der Waals surface area contributed by atoms with Gasteiger partial charge in [-0.1, -0.05) is 0 Å². The number of carbonyl (C=O) groups excluding carboxylic acids is 1. The molecule has 0 spiro atoms. The zero-order valence-corrected chi connectivity index (χ0v) is 9.93. The molecule has 1 atom stereocenters. The summed E-state index contributed by atoms with van der Waals surface area (Å²) in [7, 11) is 0. The summed E-state index contributed by atoms with van der Waals surface area (Å²) in [5.74, 6) is -1.43. The largest absolute Gasteiger partial charge is 0.480 e. The molecule has 1 aliphatic rings. The molecule has 0 aromatic carbocycles. The van der Waals surface area contributed by atoms with Gasteiger partial charge < -0.3 is 10.0 Å². The Hall–Kier alpha value is -2.45. The number of nitrogens with zero attached hydrogens (tertiary/aromatic N) is 4. The van der Waals surface area contributed by atoms with E-state index in [4.69, 9.17) is 5.11 Å². The van der Waals surface area contributed by atoms with Crippen molar-refractivity contribution in [2.75, 3.05) is 6.54 Å². The Labute approximate surface area is 107 Å². The highest BCUT2D eigenvalue weighted by molar-refractivity contribution is 5.84. The second-order valence-corrected chi connectivity index (χ2v) is 4.24. The van der Waals surface area contributed by atoms with E-state index in [1.807, 2.05) is 0 Å². The first kappa shape index (κ1) is 13.0. The molecule has 0 saturated carbocycles. The molecule has 1 amide bonds. The lowest BCUT2D eigenvalue weighted by Gasteiger charge is -2.21. The molecule has 1 saturated heterocycles. The second kappa shape index (κ2) is 5.04. The Morgan fingerprint density at radius 2 is 2.32 bits per heavy atom. The van der Waals surface area contributed by atoms with Gasteiger partial charge in [-0.05, 0) is 12.8 Å². The Bertz CT molecular complexity index is 526. The van der Waals surface area contributed by atoms with Crippen molar-refractivity contribution in [1.29, 1.82) is 0 Å². The minimum absolute atomic E-state index is 0.197. The van der Waals surface area contributed by atoms with E-state index >= 15 is 0 Å². The van der Waals surface area contributed by atoms with Crippen molar-refractivity contribution in [2.45, 2.75) is 25.4 Å². The van der Waals surface area contributed by atoms with Crippen molar-refractivity contribution in [2.24, 2.45) is 0 Å². The van der Waals surface area contributed by atoms with Gasteiger partial charge in [-0.15, -0.1) is 0 Å². The molecule has 2 heterocycles. The lowest BCUT2D eigenvalue weighted by Crippen LogP contribution is -2.42. The Morgan fingerprint density at radius 3 is 2.89 bits per heavy atom. The summed E-state index contributed by atoms with van der Waals surface area (Å²) in [6.07, 6.45) is 3.26. The zero-order valence-electron chi connectivity index (χ0n) is 9.93. The third kappa shape index (κ3) is 2.69. The maximum atomic E-state index is 11.9. The van der Waals surface area contributed by atoms with Gasteiger partial charge in [-0.25, -0.2) is 4.79 Å². The number of nitro groups is 1. The summed E-state index contributed by atoms with van der Waals surface area (Å²) in [5.41, 5.74) is -0.205. The molecular formula is C10H12N4O5. The summed E-state index contributed by atoms with van der Waals surface area (Å²) in [6, 6.07) is -0.807. The number of amides is 1. The fraction of sp³-hybridized carbons (Fsp3) is 0.500. The highest BCUT2D eigenvalue weighted by Crippen LogP contribution is 2.18. The van der Waals surface area contributed by atoms with Crippen LogP contribution in [-0.4, -0.2) is 49.2 Å². The smallest absolute Gasteiger partial charge is 0.326 e. The predicted octanol–water partition coefficient (Wildman–Crippen LogP) is -0.133. The number of hydrogen-bond donors (Lipinski definition) is 1. The maximum Gasteiger partial charge on any atom is 0.326 e. The van der Waals surface area contributed by atoms with Crippen LogP contribution in [0.3, 0.4) is 0 Å². The number of hydrogen-bond acceptors (Lipinski definition) is 5. The van der Waals surface area contributed by atoms with Crippen LogP contribution in [0.1, 0.15) is 12.8 Å². The first-order valence-electron chi connectivity index (χ1n) is 5.68. The standard InChI is InChI=1S/C10H12N4O5/c15-9(13-3-1-2-8(13)10(16)17)6-12-5-7(4-11-12)14(18)19/h4-5,8H,1-3,6H2,(H,16,17)/t8-/m0/s1. The van der Waals surface area contributed by atoms with Crippen LogP contribution in [-0.2, 0) is 16.1 Å². The lowest BCUT2D eigenvalue weighted by molar-refractivity contribution is -0.385. The minimum Gasteiger partial charge on any atom is -0.480 e. The number of aromatic nitrogens is 2. The molecule has 1 aromatic rings. The first-order chi connectivity index (χ1) is 8.99. The maximum absolute atomic E-state index is 11.9. The Morgan fingerprint density at radius 1 is 1.58 bits per heavy atom. The molecule has 2 rings (SSSR count). The van der Waals surface area contributed by atoms with Crippen LogP contribution in [0.4, 0.5) is 5.69 Å². The third-order valence-corrected chi connectivity index (χ3v) is 2.99. The zero-order chi connectivity index (χ0) is 14.0. The molecule has 0 bridgehead atoms. The van der Waals surface area contributed by atoms with E-state index in [1.54, 1.807) is 0 Å².